The highest BCUT2D eigenvalue weighted by atomic mass is 35.5. The second-order valence-electron chi connectivity index (χ2n) is 5.46. The topological polar surface area (TPSA) is 88.4 Å². The molecule has 3 rings (SSSR count). The highest BCUT2D eigenvalue weighted by molar-refractivity contribution is 6.46. The van der Waals surface area contributed by atoms with E-state index in [0.29, 0.717) is 25.1 Å². The van der Waals surface area contributed by atoms with Crippen LogP contribution in [0.2, 0.25) is 5.02 Å². The Balaban J connectivity index is 2.01. The van der Waals surface area contributed by atoms with E-state index in [0.717, 1.165) is 12.1 Å². The Morgan fingerprint density at radius 2 is 1.92 bits per heavy atom. The van der Waals surface area contributed by atoms with Crippen LogP contribution < -0.4 is 5.32 Å². The maximum absolute atomic E-state index is 13.3. The summed E-state index contributed by atoms with van der Waals surface area (Å²) in [5.74, 6) is -5.81. The minimum atomic E-state index is -1.68. The molecule has 0 fully saturated rings. The number of carboxylic acid groups (broad SMARTS) is 1. The van der Waals surface area contributed by atoms with Crippen LogP contribution in [0.25, 0.3) is 0 Å². The Hall–Kier alpha value is -2.74. The molecule has 2 aromatic rings. The lowest BCUT2D eigenvalue weighted by Crippen LogP contribution is -2.17. The van der Waals surface area contributed by atoms with E-state index < -0.39 is 29.3 Å². The Kier molecular flexibility index (Phi) is 4.30. The molecule has 9 heteroatoms. The third-order valence-electron chi connectivity index (χ3n) is 3.92. The number of carboxylic acids is 1. The number of aliphatic carboxylic acids is 1. The summed E-state index contributed by atoms with van der Waals surface area (Å²) in [6.45, 7) is 0.363. The lowest BCUT2D eigenvalue weighted by Gasteiger charge is -2.06. The van der Waals surface area contributed by atoms with Crippen molar-refractivity contribution in [2.24, 2.45) is 0 Å². The first-order valence-corrected chi connectivity index (χ1v) is 7.64. The van der Waals surface area contributed by atoms with Crippen molar-refractivity contribution < 1.29 is 28.3 Å². The number of halogens is 3. The van der Waals surface area contributed by atoms with Gasteiger partial charge in [0.15, 0.2) is 11.6 Å². The average Bonchev–Trinajstić information content (AvgIpc) is 3.09. The number of rotatable bonds is 4. The number of fused-ring (bicyclic) bond motifs is 1. The van der Waals surface area contributed by atoms with Gasteiger partial charge in [0.05, 0.1) is 10.6 Å². The van der Waals surface area contributed by atoms with E-state index in [2.05, 4.69) is 5.32 Å². The second kappa shape index (κ2) is 6.29. The molecule has 0 saturated carbocycles. The number of hydrogen-bond acceptors (Lipinski definition) is 3. The van der Waals surface area contributed by atoms with Crippen molar-refractivity contribution in [1.29, 1.82) is 0 Å². The molecule has 0 saturated heterocycles. The number of ketones is 1. The quantitative estimate of drug-likeness (QED) is 0.641. The van der Waals surface area contributed by atoms with E-state index in [1.54, 1.807) is 0 Å². The van der Waals surface area contributed by atoms with Gasteiger partial charge < -0.3 is 15.0 Å². The molecule has 1 aromatic heterocycles. The van der Waals surface area contributed by atoms with Crippen LogP contribution in [0.4, 0.5) is 14.5 Å². The number of nitrogens with zero attached hydrogens (tertiary/aromatic N) is 1. The maximum Gasteiger partial charge on any atom is 0.378 e. The molecule has 1 aliphatic heterocycles. The van der Waals surface area contributed by atoms with Gasteiger partial charge in [-0.25, -0.2) is 13.6 Å². The molecule has 0 radical (unpaired) electrons. The minimum absolute atomic E-state index is 0.00373. The molecule has 1 aliphatic rings. The van der Waals surface area contributed by atoms with Gasteiger partial charge in [-0.15, -0.1) is 0 Å². The number of carbonyl (C=O) groups excluding carboxylic acids is 2. The molecule has 0 atom stereocenters. The molecule has 2 N–H and O–H groups in total. The monoisotopic (exact) mass is 368 g/mol. The zero-order valence-corrected chi connectivity index (χ0v) is 13.4. The van der Waals surface area contributed by atoms with Gasteiger partial charge in [-0.1, -0.05) is 11.6 Å². The van der Waals surface area contributed by atoms with Crippen LogP contribution >= 0.6 is 11.6 Å². The summed E-state index contributed by atoms with van der Waals surface area (Å²) in [7, 11) is 0. The van der Waals surface area contributed by atoms with Crippen LogP contribution in [0.3, 0.4) is 0 Å². The van der Waals surface area contributed by atoms with Gasteiger partial charge in [0.2, 0.25) is 0 Å². The van der Waals surface area contributed by atoms with E-state index in [1.165, 1.54) is 10.6 Å². The van der Waals surface area contributed by atoms with Crippen molar-refractivity contribution in [3.05, 3.63) is 51.8 Å². The van der Waals surface area contributed by atoms with Crippen LogP contribution in [-0.4, -0.2) is 27.3 Å². The van der Waals surface area contributed by atoms with E-state index >= 15 is 0 Å². The fraction of sp³-hybridized carbons (Fsp3) is 0.188. The first kappa shape index (κ1) is 17.1. The van der Waals surface area contributed by atoms with E-state index in [-0.39, 0.29) is 22.0 Å². The third kappa shape index (κ3) is 2.89. The lowest BCUT2D eigenvalue weighted by molar-refractivity contribution is -0.131. The molecular weight excluding hydrogens is 358 g/mol. The summed E-state index contributed by atoms with van der Waals surface area (Å²) in [5, 5.41) is 11.0. The fourth-order valence-corrected chi connectivity index (χ4v) is 3.25. The number of nitrogens with one attached hydrogen (secondary N) is 1. The summed E-state index contributed by atoms with van der Waals surface area (Å²) in [6, 6.07) is 2.83. The first-order chi connectivity index (χ1) is 11.8. The van der Waals surface area contributed by atoms with Crippen molar-refractivity contribution in [3.8, 4) is 0 Å². The number of anilines is 1. The van der Waals surface area contributed by atoms with Gasteiger partial charge in [-0.3, -0.25) is 9.59 Å². The van der Waals surface area contributed by atoms with Crippen molar-refractivity contribution in [2.45, 2.75) is 19.4 Å². The normalized spacial score (nSPS) is 12.8. The zero-order valence-electron chi connectivity index (χ0n) is 12.6. The van der Waals surface area contributed by atoms with Gasteiger partial charge in [0, 0.05) is 24.0 Å². The van der Waals surface area contributed by atoms with Gasteiger partial charge in [0.25, 0.3) is 11.7 Å². The van der Waals surface area contributed by atoms with Gasteiger partial charge >= 0.3 is 5.97 Å². The Morgan fingerprint density at radius 3 is 2.56 bits per heavy atom. The van der Waals surface area contributed by atoms with Crippen molar-refractivity contribution >= 4 is 34.9 Å². The third-order valence-corrected chi connectivity index (χ3v) is 4.29. The Bertz CT molecular complexity index is 923. The molecule has 0 spiro atoms. The lowest BCUT2D eigenvalue weighted by atomic mass is 10.1. The zero-order chi connectivity index (χ0) is 18.3. The van der Waals surface area contributed by atoms with Gasteiger partial charge in [-0.05, 0) is 25.0 Å². The summed E-state index contributed by atoms with van der Waals surface area (Å²) in [4.78, 5) is 35.4. The number of carbonyl (C=O) groups is 3. The van der Waals surface area contributed by atoms with Gasteiger partial charge in [0.1, 0.15) is 5.69 Å². The second-order valence-corrected chi connectivity index (χ2v) is 5.83. The smallest absolute Gasteiger partial charge is 0.378 e. The predicted octanol–water partition coefficient (Wildman–Crippen LogP) is 2.89. The van der Waals surface area contributed by atoms with Gasteiger partial charge in [-0.2, -0.15) is 0 Å². The molecular formula is C16H11ClF2N2O4. The van der Waals surface area contributed by atoms with Crippen LogP contribution in [0.15, 0.2) is 18.2 Å². The molecule has 6 nitrogen and oxygen atoms in total. The van der Waals surface area contributed by atoms with Crippen LogP contribution in [0.5, 0.6) is 0 Å². The molecule has 1 amide bonds. The van der Waals surface area contributed by atoms with Crippen molar-refractivity contribution in [2.75, 3.05) is 5.32 Å². The highest BCUT2D eigenvalue weighted by Crippen LogP contribution is 2.34. The molecule has 1 aromatic carbocycles. The number of hydrogen-bond donors (Lipinski definition) is 2. The highest BCUT2D eigenvalue weighted by Gasteiger charge is 2.34. The van der Waals surface area contributed by atoms with Crippen LogP contribution in [0, 0.1) is 11.6 Å². The number of benzene rings is 1. The fourth-order valence-electron chi connectivity index (χ4n) is 2.87. The maximum atomic E-state index is 13.3. The molecule has 0 aliphatic carbocycles. The Labute approximate surface area is 145 Å². The van der Waals surface area contributed by atoms with E-state index in [4.69, 9.17) is 16.7 Å². The van der Waals surface area contributed by atoms with E-state index in [1.807, 2.05) is 0 Å². The summed E-state index contributed by atoms with van der Waals surface area (Å²) < 4.78 is 27.6. The number of amides is 1. The molecule has 0 unspecified atom stereocenters. The standard InChI is InChI=1S/C16H11ClF2N2O4/c17-12-11(15(23)20-7-3-4-8(18)9(19)6-7)10-2-1-5-21(10)13(12)14(22)16(24)25/h3-4,6H,1-2,5H2,(H,20,23)(H,24,25). The van der Waals surface area contributed by atoms with E-state index in [9.17, 15) is 23.2 Å². The van der Waals surface area contributed by atoms with Crippen molar-refractivity contribution in [3.63, 3.8) is 0 Å². The summed E-state index contributed by atoms with van der Waals surface area (Å²) in [5.41, 5.74) is 0.157. The summed E-state index contributed by atoms with van der Waals surface area (Å²) >= 11 is 6.10. The minimum Gasteiger partial charge on any atom is -0.475 e. The molecule has 0 bridgehead atoms. The number of aromatic nitrogens is 1. The molecule has 130 valence electrons. The first-order valence-electron chi connectivity index (χ1n) is 7.26. The predicted molar refractivity (Wildman–Crippen MR) is 84.0 cm³/mol. The Morgan fingerprint density at radius 1 is 1.20 bits per heavy atom. The van der Waals surface area contributed by atoms with Crippen molar-refractivity contribution in [1.82, 2.24) is 4.57 Å². The van der Waals surface area contributed by atoms with Crippen LogP contribution in [-0.2, 0) is 17.8 Å². The molecule has 25 heavy (non-hydrogen) atoms. The SMILES string of the molecule is O=C(O)C(=O)c1c(Cl)c(C(=O)Nc2ccc(F)c(F)c2)c2n1CCC2. The largest absolute Gasteiger partial charge is 0.475 e. The summed E-state index contributed by atoms with van der Waals surface area (Å²) in [6.07, 6.45) is 1.06. The molecule has 2 heterocycles. The van der Waals surface area contributed by atoms with Crippen LogP contribution in [0.1, 0.15) is 33.0 Å². The average molecular weight is 369 g/mol. The number of Topliss-reactive ketones (excluding diaryl/α,β-unsaturated/α-hetero) is 1.